The number of hydrogen-bond donors (Lipinski definition) is 1. The summed E-state index contributed by atoms with van der Waals surface area (Å²) < 4.78 is 27.4. The smallest absolute Gasteiger partial charge is 0.310 e. The van der Waals surface area contributed by atoms with Gasteiger partial charge in [-0.15, -0.1) is 11.5 Å². The van der Waals surface area contributed by atoms with Crippen molar-refractivity contribution in [3.05, 3.63) is 23.8 Å². The molecule has 0 aromatic rings. The standard InChI is InChI=1S/C24H40O7Si/c1-18(11-12-19(27-2)10-9-13-32(6,7)8)14-21(25)22-15-20(28-3)16-24(30-5,31-22)17-23(26)29-4/h11-12,14,19-22,25H,10,15-17H2,1-8H3/b12-11+,18-14+/t19-,20-,21-,22-,24+/m1/s1. The number of hydrogen-bond acceptors (Lipinski definition) is 7. The Morgan fingerprint density at radius 2 is 1.97 bits per heavy atom. The average molecular weight is 469 g/mol. The van der Waals surface area contributed by atoms with Gasteiger partial charge in [0.15, 0.2) is 5.79 Å². The number of carbonyl (C=O) groups is 1. The summed E-state index contributed by atoms with van der Waals surface area (Å²) in [7, 11) is 4.64. The molecule has 0 aliphatic carbocycles. The molecule has 1 saturated heterocycles. The summed E-state index contributed by atoms with van der Waals surface area (Å²) in [6, 6.07) is 0. The predicted octanol–water partition coefficient (Wildman–Crippen LogP) is 3.24. The summed E-state index contributed by atoms with van der Waals surface area (Å²) in [5.41, 5.74) is 4.20. The fourth-order valence-electron chi connectivity index (χ4n) is 3.40. The van der Waals surface area contributed by atoms with Gasteiger partial charge in [-0.25, -0.2) is 0 Å². The van der Waals surface area contributed by atoms with Gasteiger partial charge < -0.3 is 28.8 Å². The summed E-state index contributed by atoms with van der Waals surface area (Å²) in [4.78, 5) is 11.9. The second-order valence-electron chi connectivity index (χ2n) is 9.11. The molecule has 8 heteroatoms. The van der Waals surface area contributed by atoms with E-state index in [4.69, 9.17) is 23.7 Å². The third kappa shape index (κ3) is 9.99. The average Bonchev–Trinajstić information content (AvgIpc) is 2.74. The van der Waals surface area contributed by atoms with Crippen LogP contribution >= 0.6 is 0 Å². The van der Waals surface area contributed by atoms with Gasteiger partial charge in [0.2, 0.25) is 0 Å². The van der Waals surface area contributed by atoms with Crippen LogP contribution < -0.4 is 0 Å². The molecule has 32 heavy (non-hydrogen) atoms. The molecule has 0 saturated carbocycles. The van der Waals surface area contributed by atoms with E-state index in [9.17, 15) is 9.90 Å². The first-order valence-corrected chi connectivity index (χ1v) is 14.4. The van der Waals surface area contributed by atoms with Gasteiger partial charge in [0.1, 0.15) is 8.07 Å². The van der Waals surface area contributed by atoms with Crippen molar-refractivity contribution in [2.45, 2.75) is 82.5 Å². The van der Waals surface area contributed by atoms with E-state index in [1.54, 1.807) is 20.3 Å². The summed E-state index contributed by atoms with van der Waals surface area (Å²) in [5.74, 6) is 1.57. The molecule has 1 aliphatic heterocycles. The molecular formula is C24H40O7Si. The van der Waals surface area contributed by atoms with E-state index in [1.807, 2.05) is 19.1 Å². The highest BCUT2D eigenvalue weighted by molar-refractivity contribution is 6.83. The number of methoxy groups -OCH3 is 4. The minimum atomic E-state index is -1.41. The van der Waals surface area contributed by atoms with Gasteiger partial charge in [-0.05, 0) is 6.92 Å². The number of aliphatic hydroxyl groups is 1. The second-order valence-corrected chi connectivity index (χ2v) is 13.9. The van der Waals surface area contributed by atoms with E-state index in [0.717, 1.165) is 5.57 Å². The van der Waals surface area contributed by atoms with Crippen molar-refractivity contribution < 1.29 is 33.6 Å². The number of carbonyl (C=O) groups excluding carboxylic acids is 1. The topological polar surface area (TPSA) is 83.5 Å². The highest BCUT2D eigenvalue weighted by atomic mass is 28.3. The summed E-state index contributed by atoms with van der Waals surface area (Å²) in [5, 5.41) is 10.8. The highest BCUT2D eigenvalue weighted by Gasteiger charge is 2.45. The zero-order valence-electron chi connectivity index (χ0n) is 20.8. The number of esters is 1. The Morgan fingerprint density at radius 1 is 1.28 bits per heavy atom. The van der Waals surface area contributed by atoms with Crippen molar-refractivity contribution >= 4 is 14.0 Å². The van der Waals surface area contributed by atoms with Crippen LogP contribution in [0.25, 0.3) is 0 Å². The van der Waals surface area contributed by atoms with Gasteiger partial charge in [-0.1, -0.05) is 43.4 Å². The molecule has 0 aromatic carbocycles. The summed E-state index contributed by atoms with van der Waals surface area (Å²) in [6.07, 6.45) is 5.11. The maximum Gasteiger partial charge on any atom is 0.310 e. The van der Waals surface area contributed by atoms with Crippen LogP contribution in [-0.4, -0.2) is 77.8 Å². The van der Waals surface area contributed by atoms with E-state index in [-0.39, 0.29) is 18.6 Å². The molecule has 0 spiro atoms. The molecular weight excluding hydrogens is 428 g/mol. The molecule has 182 valence electrons. The molecule has 0 unspecified atom stereocenters. The summed E-state index contributed by atoms with van der Waals surface area (Å²) in [6.45, 7) is 8.51. The Hall–Kier alpha value is -1.47. The first kappa shape index (κ1) is 28.6. The minimum absolute atomic E-state index is 0.0837. The van der Waals surface area contributed by atoms with E-state index in [0.29, 0.717) is 19.3 Å². The molecule has 0 radical (unpaired) electrons. The Balaban J connectivity index is 2.89. The number of rotatable bonds is 10. The fraction of sp³-hybridized carbons (Fsp3) is 0.708. The van der Waals surface area contributed by atoms with Crippen LogP contribution in [0.3, 0.4) is 0 Å². The highest BCUT2D eigenvalue weighted by Crippen LogP contribution is 2.35. The third-order valence-electron chi connectivity index (χ3n) is 5.20. The van der Waals surface area contributed by atoms with Crippen LogP contribution in [0.4, 0.5) is 0 Å². The molecule has 0 bridgehead atoms. The maximum atomic E-state index is 11.9. The molecule has 0 amide bonds. The van der Waals surface area contributed by atoms with Gasteiger partial charge >= 0.3 is 5.97 Å². The number of aliphatic hydroxyl groups excluding tert-OH is 1. The molecule has 7 nitrogen and oxygen atoms in total. The van der Waals surface area contributed by atoms with E-state index in [1.165, 1.54) is 14.2 Å². The van der Waals surface area contributed by atoms with Crippen LogP contribution in [0.1, 0.15) is 32.6 Å². The Labute approximate surface area is 194 Å². The van der Waals surface area contributed by atoms with Crippen molar-refractivity contribution in [1.82, 2.24) is 0 Å². The van der Waals surface area contributed by atoms with Crippen LogP contribution in [0.15, 0.2) is 23.8 Å². The molecule has 1 N–H and O–H groups in total. The van der Waals surface area contributed by atoms with Gasteiger partial charge in [0, 0.05) is 40.6 Å². The lowest BCUT2D eigenvalue weighted by atomic mass is 9.92. The first-order valence-electron chi connectivity index (χ1n) is 10.9. The minimum Gasteiger partial charge on any atom is -0.469 e. The molecule has 1 heterocycles. The van der Waals surface area contributed by atoms with Crippen LogP contribution in [0, 0.1) is 11.5 Å². The third-order valence-corrected chi connectivity index (χ3v) is 6.13. The predicted molar refractivity (Wildman–Crippen MR) is 127 cm³/mol. The van der Waals surface area contributed by atoms with Crippen LogP contribution in [-0.2, 0) is 28.5 Å². The van der Waals surface area contributed by atoms with Gasteiger partial charge in [-0.3, -0.25) is 4.79 Å². The van der Waals surface area contributed by atoms with Gasteiger partial charge in [-0.2, -0.15) is 0 Å². The number of ether oxygens (including phenoxy) is 5. The van der Waals surface area contributed by atoms with Crippen LogP contribution in [0.2, 0.25) is 19.6 Å². The zero-order valence-corrected chi connectivity index (χ0v) is 21.8. The SMILES string of the molecule is COC(=O)C[C@]1(OC)C[C@H](OC)C[C@H]([C@H](O)/C=C(C)/C=C/[C@@H](CC#C[Si](C)(C)C)OC)O1. The molecule has 1 rings (SSSR count). The van der Waals surface area contributed by atoms with Crippen molar-refractivity contribution in [2.75, 3.05) is 28.4 Å². The van der Waals surface area contributed by atoms with E-state index >= 15 is 0 Å². The second kappa shape index (κ2) is 13.3. The maximum absolute atomic E-state index is 11.9. The molecule has 5 atom stereocenters. The molecule has 1 aliphatic rings. The lowest BCUT2D eigenvalue weighted by Gasteiger charge is -2.43. The monoisotopic (exact) mass is 468 g/mol. The number of allylic oxidation sites excluding steroid dienone is 2. The van der Waals surface area contributed by atoms with Crippen molar-refractivity contribution in [3.63, 3.8) is 0 Å². The largest absolute Gasteiger partial charge is 0.469 e. The fourth-order valence-corrected chi connectivity index (χ4v) is 4.03. The quantitative estimate of drug-likeness (QED) is 0.228. The van der Waals surface area contributed by atoms with E-state index < -0.39 is 32.0 Å². The zero-order chi connectivity index (χ0) is 24.4. The normalized spacial score (nSPS) is 26.3. The lowest BCUT2D eigenvalue weighted by molar-refractivity contribution is -0.298. The van der Waals surface area contributed by atoms with Gasteiger partial charge in [0.25, 0.3) is 0 Å². The Morgan fingerprint density at radius 3 is 2.50 bits per heavy atom. The lowest BCUT2D eigenvalue weighted by Crippen LogP contribution is -2.52. The van der Waals surface area contributed by atoms with Crippen molar-refractivity contribution in [1.29, 1.82) is 0 Å². The Bertz CT molecular complexity index is 716. The molecule has 1 fully saturated rings. The first-order chi connectivity index (χ1) is 15.0. The van der Waals surface area contributed by atoms with Crippen molar-refractivity contribution in [3.8, 4) is 11.5 Å². The van der Waals surface area contributed by atoms with Gasteiger partial charge in [0.05, 0.1) is 37.9 Å². The van der Waals surface area contributed by atoms with Crippen LogP contribution in [0.5, 0.6) is 0 Å². The Kier molecular flexibility index (Phi) is 11.9. The molecule has 0 aromatic heterocycles. The summed E-state index contributed by atoms with van der Waals surface area (Å²) >= 11 is 0. The van der Waals surface area contributed by atoms with E-state index in [2.05, 4.69) is 31.1 Å². The van der Waals surface area contributed by atoms with Crippen molar-refractivity contribution in [2.24, 2.45) is 0 Å².